The van der Waals surface area contributed by atoms with Crippen LogP contribution in [0.15, 0.2) is 64.8 Å². The molecule has 0 atom stereocenters. The molecule has 0 bridgehead atoms. The number of carbonyl (C=O) groups excluding carboxylic acids is 1. The summed E-state index contributed by atoms with van der Waals surface area (Å²) in [5, 5.41) is 6.93. The SMILES string of the molecule is [N-]=[N+]=Nc1ccc(C=CC(=O)c2cccc(N=[N+]=[N-])c2)cc1. The molecule has 0 amide bonds. The summed E-state index contributed by atoms with van der Waals surface area (Å²) in [4.78, 5) is 17.4. The number of carbonyl (C=O) groups is 1. The van der Waals surface area contributed by atoms with Crippen LogP contribution >= 0.6 is 0 Å². The van der Waals surface area contributed by atoms with Gasteiger partial charge in [-0.25, -0.2) is 0 Å². The van der Waals surface area contributed by atoms with Crippen LogP contribution in [-0.4, -0.2) is 5.78 Å². The van der Waals surface area contributed by atoms with Crippen LogP contribution in [0, 0.1) is 0 Å². The van der Waals surface area contributed by atoms with Crippen LogP contribution in [0.3, 0.4) is 0 Å². The van der Waals surface area contributed by atoms with E-state index in [0.717, 1.165) is 5.56 Å². The molecule has 7 nitrogen and oxygen atoms in total. The number of nitrogens with zero attached hydrogens (tertiary/aromatic N) is 6. The summed E-state index contributed by atoms with van der Waals surface area (Å²) in [6, 6.07) is 13.2. The van der Waals surface area contributed by atoms with Gasteiger partial charge in [0.15, 0.2) is 5.78 Å². The minimum absolute atomic E-state index is 0.200. The third-order valence-corrected chi connectivity index (χ3v) is 2.77. The van der Waals surface area contributed by atoms with Crippen LogP contribution in [0.5, 0.6) is 0 Å². The van der Waals surface area contributed by atoms with E-state index in [-0.39, 0.29) is 5.78 Å². The van der Waals surface area contributed by atoms with Crippen molar-refractivity contribution in [2.75, 3.05) is 0 Å². The number of allylic oxidation sites excluding steroid dienone is 1. The van der Waals surface area contributed by atoms with Crippen LogP contribution in [0.2, 0.25) is 0 Å². The second-order valence-electron chi connectivity index (χ2n) is 4.22. The Bertz CT molecular complexity index is 812. The van der Waals surface area contributed by atoms with Gasteiger partial charge in [-0.05, 0) is 28.8 Å². The molecule has 106 valence electrons. The van der Waals surface area contributed by atoms with Crippen LogP contribution in [0.4, 0.5) is 11.4 Å². The van der Waals surface area contributed by atoms with Crippen molar-refractivity contribution in [1.82, 2.24) is 0 Å². The van der Waals surface area contributed by atoms with Crippen molar-refractivity contribution in [3.05, 3.63) is 86.6 Å². The first-order valence-corrected chi connectivity index (χ1v) is 6.25. The van der Waals surface area contributed by atoms with Gasteiger partial charge in [0.1, 0.15) is 0 Å². The van der Waals surface area contributed by atoms with Gasteiger partial charge in [-0.3, -0.25) is 4.79 Å². The van der Waals surface area contributed by atoms with Gasteiger partial charge in [-0.15, -0.1) is 0 Å². The molecule has 0 aliphatic carbocycles. The smallest absolute Gasteiger partial charge is 0.185 e. The van der Waals surface area contributed by atoms with Crippen LogP contribution in [0.1, 0.15) is 15.9 Å². The molecule has 0 heterocycles. The summed E-state index contributed by atoms with van der Waals surface area (Å²) in [6.07, 6.45) is 3.08. The summed E-state index contributed by atoms with van der Waals surface area (Å²) in [6.45, 7) is 0. The molecule has 2 aromatic rings. The van der Waals surface area contributed by atoms with Crippen LogP contribution < -0.4 is 0 Å². The zero-order valence-corrected chi connectivity index (χ0v) is 11.4. The van der Waals surface area contributed by atoms with E-state index in [1.165, 1.54) is 12.1 Å². The standard InChI is InChI=1S/C15H10N6O/c16-20-18-13-7-4-11(5-8-13)6-9-15(22)12-2-1-3-14(10-12)19-21-17/h1-10H. The Morgan fingerprint density at radius 1 is 0.955 bits per heavy atom. The van der Waals surface area contributed by atoms with Gasteiger partial charge in [0.05, 0.1) is 0 Å². The summed E-state index contributed by atoms with van der Waals surface area (Å²) < 4.78 is 0. The second-order valence-corrected chi connectivity index (χ2v) is 4.22. The minimum atomic E-state index is -0.200. The Labute approximate surface area is 125 Å². The molecule has 0 unspecified atom stereocenters. The highest BCUT2D eigenvalue weighted by molar-refractivity contribution is 6.07. The molecule has 7 heteroatoms. The van der Waals surface area contributed by atoms with E-state index >= 15 is 0 Å². The second kappa shape index (κ2) is 7.31. The zero-order valence-electron chi connectivity index (χ0n) is 11.4. The molecule has 0 N–H and O–H groups in total. The first kappa shape index (κ1) is 14.9. The third kappa shape index (κ3) is 3.98. The predicted molar refractivity (Wildman–Crippen MR) is 83.9 cm³/mol. The molecule has 2 rings (SSSR count). The van der Waals surface area contributed by atoms with E-state index in [0.29, 0.717) is 16.9 Å². The largest absolute Gasteiger partial charge is 0.289 e. The lowest BCUT2D eigenvalue weighted by molar-refractivity contribution is 0.104. The van der Waals surface area contributed by atoms with Crippen LogP contribution in [-0.2, 0) is 0 Å². The highest BCUT2D eigenvalue weighted by atomic mass is 16.1. The van der Waals surface area contributed by atoms with Gasteiger partial charge in [0.2, 0.25) is 0 Å². The van der Waals surface area contributed by atoms with Crippen molar-refractivity contribution in [1.29, 1.82) is 0 Å². The molecule has 0 fully saturated rings. The first-order valence-electron chi connectivity index (χ1n) is 6.25. The summed E-state index contributed by atoms with van der Waals surface area (Å²) in [7, 11) is 0. The van der Waals surface area contributed by atoms with E-state index in [1.54, 1.807) is 48.5 Å². The number of benzene rings is 2. The molecule has 0 saturated carbocycles. The average molecular weight is 290 g/mol. The van der Waals surface area contributed by atoms with E-state index in [9.17, 15) is 4.79 Å². The number of azide groups is 2. The molecule has 22 heavy (non-hydrogen) atoms. The van der Waals surface area contributed by atoms with E-state index in [2.05, 4.69) is 20.1 Å². The topological polar surface area (TPSA) is 115 Å². The molecule has 0 aliphatic rings. The first-order chi connectivity index (χ1) is 10.7. The molecule has 2 aromatic carbocycles. The van der Waals surface area contributed by atoms with Crippen molar-refractivity contribution in [2.45, 2.75) is 0 Å². The number of rotatable bonds is 5. The van der Waals surface area contributed by atoms with Gasteiger partial charge in [-0.2, -0.15) is 0 Å². The molecule has 0 saturated heterocycles. The molecular weight excluding hydrogens is 280 g/mol. The Kier molecular flexibility index (Phi) is 4.94. The monoisotopic (exact) mass is 290 g/mol. The maximum absolute atomic E-state index is 12.1. The fourth-order valence-corrected chi connectivity index (χ4v) is 1.74. The highest BCUT2D eigenvalue weighted by Crippen LogP contribution is 2.17. The van der Waals surface area contributed by atoms with Crippen molar-refractivity contribution in [2.24, 2.45) is 10.2 Å². The molecule has 0 aromatic heterocycles. The van der Waals surface area contributed by atoms with Gasteiger partial charge >= 0.3 is 0 Å². The van der Waals surface area contributed by atoms with E-state index in [4.69, 9.17) is 11.1 Å². The Balaban J connectivity index is 2.15. The summed E-state index contributed by atoms with van der Waals surface area (Å²) in [5.41, 5.74) is 18.8. The fourth-order valence-electron chi connectivity index (χ4n) is 1.74. The van der Waals surface area contributed by atoms with Crippen molar-refractivity contribution in [3.8, 4) is 0 Å². The Morgan fingerprint density at radius 3 is 2.32 bits per heavy atom. The van der Waals surface area contributed by atoms with Crippen LogP contribution in [0.25, 0.3) is 27.0 Å². The third-order valence-electron chi connectivity index (χ3n) is 2.77. The number of hydrogen-bond acceptors (Lipinski definition) is 3. The van der Waals surface area contributed by atoms with Crippen molar-refractivity contribution in [3.63, 3.8) is 0 Å². The van der Waals surface area contributed by atoms with E-state index in [1.807, 2.05) is 0 Å². The maximum atomic E-state index is 12.1. The van der Waals surface area contributed by atoms with Gasteiger partial charge in [0, 0.05) is 26.8 Å². The number of hydrogen-bond donors (Lipinski definition) is 0. The summed E-state index contributed by atoms with van der Waals surface area (Å²) >= 11 is 0. The minimum Gasteiger partial charge on any atom is -0.289 e. The lowest BCUT2D eigenvalue weighted by atomic mass is 10.1. The fraction of sp³-hybridized carbons (Fsp3) is 0. The average Bonchev–Trinajstić information content (AvgIpc) is 2.55. The lowest BCUT2D eigenvalue weighted by Crippen LogP contribution is -1.93. The molecule has 0 radical (unpaired) electrons. The summed E-state index contributed by atoms with van der Waals surface area (Å²) in [5.74, 6) is -0.200. The number of ketones is 1. The van der Waals surface area contributed by atoms with Gasteiger partial charge in [0.25, 0.3) is 0 Å². The Hall–Kier alpha value is -3.53. The molecule has 0 spiro atoms. The van der Waals surface area contributed by atoms with Crippen molar-refractivity contribution >= 4 is 23.2 Å². The predicted octanol–water partition coefficient (Wildman–Crippen LogP) is 5.47. The lowest BCUT2D eigenvalue weighted by Gasteiger charge is -1.98. The van der Waals surface area contributed by atoms with Gasteiger partial charge < -0.3 is 0 Å². The molecular formula is C15H10N6O. The maximum Gasteiger partial charge on any atom is 0.185 e. The quantitative estimate of drug-likeness (QED) is 0.235. The Morgan fingerprint density at radius 2 is 1.64 bits per heavy atom. The zero-order chi connectivity index (χ0) is 15.8. The van der Waals surface area contributed by atoms with Gasteiger partial charge in [-0.1, -0.05) is 58.8 Å². The highest BCUT2D eigenvalue weighted by Gasteiger charge is 2.02. The van der Waals surface area contributed by atoms with E-state index < -0.39 is 0 Å². The van der Waals surface area contributed by atoms with Crippen molar-refractivity contribution < 1.29 is 4.79 Å². The normalized spacial score (nSPS) is 9.82. The molecule has 0 aliphatic heterocycles.